The topological polar surface area (TPSA) is 83.7 Å². The van der Waals surface area contributed by atoms with Gasteiger partial charge in [-0.15, -0.1) is 11.3 Å². The molecule has 0 fully saturated rings. The molecule has 0 saturated carbocycles. The Morgan fingerprint density at radius 2 is 2.29 bits per heavy atom. The van der Waals surface area contributed by atoms with Crippen LogP contribution in [0.2, 0.25) is 0 Å². The maximum absolute atomic E-state index is 9.78. The SMILES string of the molecule is CSc1nc2ncnc(N(CC(C)C)/N=C/c3ccc4c(c3)COB4O)c2s1. The number of benzene rings is 1. The number of fused-ring (bicyclic) bond motifs is 2. The summed E-state index contributed by atoms with van der Waals surface area (Å²) >= 11 is 3.19. The molecule has 28 heavy (non-hydrogen) atoms. The van der Waals surface area contributed by atoms with Crippen LogP contribution in [0.4, 0.5) is 5.82 Å². The average molecular weight is 413 g/mol. The second-order valence-electron chi connectivity index (χ2n) is 6.88. The third-order valence-corrected chi connectivity index (χ3v) is 6.31. The first-order valence-corrected chi connectivity index (χ1v) is 11.0. The molecular weight excluding hydrogens is 393 g/mol. The minimum atomic E-state index is -0.829. The van der Waals surface area contributed by atoms with Gasteiger partial charge in [-0.1, -0.05) is 37.7 Å². The minimum absolute atomic E-state index is 0.402. The highest BCUT2D eigenvalue weighted by Crippen LogP contribution is 2.33. The molecule has 144 valence electrons. The van der Waals surface area contributed by atoms with E-state index >= 15 is 0 Å². The monoisotopic (exact) mass is 413 g/mol. The van der Waals surface area contributed by atoms with E-state index in [2.05, 4.69) is 28.8 Å². The molecule has 7 nitrogen and oxygen atoms in total. The van der Waals surface area contributed by atoms with Gasteiger partial charge in [-0.25, -0.2) is 20.0 Å². The Morgan fingerprint density at radius 3 is 3.07 bits per heavy atom. The Labute approximate surface area is 172 Å². The summed E-state index contributed by atoms with van der Waals surface area (Å²) in [5.74, 6) is 1.17. The highest BCUT2D eigenvalue weighted by Gasteiger charge is 2.26. The van der Waals surface area contributed by atoms with Crippen molar-refractivity contribution in [2.45, 2.75) is 24.8 Å². The lowest BCUT2D eigenvalue weighted by Gasteiger charge is -2.20. The van der Waals surface area contributed by atoms with Crippen LogP contribution in [-0.4, -0.2) is 46.1 Å². The van der Waals surface area contributed by atoms with E-state index in [1.807, 2.05) is 35.7 Å². The number of thioether (sulfide) groups is 1. The summed E-state index contributed by atoms with van der Waals surface area (Å²) in [5.41, 5.74) is 3.46. The molecule has 3 aromatic rings. The predicted molar refractivity (Wildman–Crippen MR) is 116 cm³/mol. The van der Waals surface area contributed by atoms with Crippen LogP contribution in [0, 0.1) is 5.92 Å². The number of hydrazone groups is 1. The number of nitrogens with zero attached hydrogens (tertiary/aromatic N) is 5. The van der Waals surface area contributed by atoms with Crippen molar-refractivity contribution < 1.29 is 9.68 Å². The van der Waals surface area contributed by atoms with Gasteiger partial charge in [0.2, 0.25) is 0 Å². The maximum atomic E-state index is 9.78. The molecule has 1 N–H and O–H groups in total. The lowest BCUT2D eigenvalue weighted by atomic mass is 9.79. The van der Waals surface area contributed by atoms with Crippen molar-refractivity contribution in [3.05, 3.63) is 35.7 Å². The molecule has 0 spiro atoms. The summed E-state index contributed by atoms with van der Waals surface area (Å²) in [5, 5.41) is 16.4. The van der Waals surface area contributed by atoms with Crippen molar-refractivity contribution in [1.29, 1.82) is 0 Å². The van der Waals surface area contributed by atoms with Crippen molar-refractivity contribution in [1.82, 2.24) is 15.0 Å². The number of hydrogen-bond donors (Lipinski definition) is 1. The fourth-order valence-corrected chi connectivity index (χ4v) is 4.50. The van der Waals surface area contributed by atoms with Gasteiger partial charge in [0.1, 0.15) is 11.0 Å². The minimum Gasteiger partial charge on any atom is -0.423 e. The zero-order valence-electron chi connectivity index (χ0n) is 15.9. The summed E-state index contributed by atoms with van der Waals surface area (Å²) in [6.07, 6.45) is 5.36. The van der Waals surface area contributed by atoms with E-state index in [0.29, 0.717) is 18.2 Å². The summed E-state index contributed by atoms with van der Waals surface area (Å²) in [6, 6.07) is 5.82. The second kappa shape index (κ2) is 8.16. The van der Waals surface area contributed by atoms with E-state index in [9.17, 15) is 5.02 Å². The van der Waals surface area contributed by atoms with Crippen LogP contribution in [0.5, 0.6) is 0 Å². The van der Waals surface area contributed by atoms with Crippen LogP contribution in [0.15, 0.2) is 34.0 Å². The van der Waals surface area contributed by atoms with Gasteiger partial charge in [0.15, 0.2) is 15.8 Å². The van der Waals surface area contributed by atoms with Crippen molar-refractivity contribution in [2.24, 2.45) is 11.0 Å². The standard InChI is InChI=1S/C18H20BN5O2S2/c1-11(2)8-24(17-15-16(20-10-21-17)23-18(27-3)28-15)22-7-12-4-5-14-13(6-12)9-26-19(14)25/h4-7,10-11,25H,8-9H2,1-3H3/b22-7+. The first-order valence-electron chi connectivity index (χ1n) is 8.94. The summed E-state index contributed by atoms with van der Waals surface area (Å²) in [6.45, 7) is 5.44. The molecule has 0 radical (unpaired) electrons. The van der Waals surface area contributed by atoms with E-state index in [4.69, 9.17) is 9.76 Å². The second-order valence-corrected chi connectivity index (χ2v) is 8.93. The number of rotatable bonds is 6. The maximum Gasteiger partial charge on any atom is 0.491 e. The molecular formula is C18H20BN5O2S2. The Morgan fingerprint density at radius 1 is 1.43 bits per heavy atom. The van der Waals surface area contributed by atoms with Gasteiger partial charge >= 0.3 is 7.12 Å². The predicted octanol–water partition coefficient (Wildman–Crippen LogP) is 2.52. The Kier molecular flexibility index (Phi) is 5.63. The number of aromatic nitrogens is 3. The van der Waals surface area contributed by atoms with Crippen LogP contribution in [0.1, 0.15) is 25.0 Å². The zero-order valence-corrected chi connectivity index (χ0v) is 17.5. The van der Waals surface area contributed by atoms with Crippen molar-refractivity contribution in [3.8, 4) is 0 Å². The molecule has 1 aliphatic rings. The molecule has 3 heterocycles. The molecule has 0 amide bonds. The Balaban J connectivity index is 1.67. The van der Waals surface area contributed by atoms with E-state index in [1.54, 1.807) is 29.4 Å². The summed E-state index contributed by atoms with van der Waals surface area (Å²) in [7, 11) is -0.829. The Bertz CT molecular complexity index is 1030. The quantitative estimate of drug-likeness (QED) is 0.288. The molecule has 1 aliphatic heterocycles. The van der Waals surface area contributed by atoms with E-state index in [0.717, 1.165) is 38.0 Å². The van der Waals surface area contributed by atoms with E-state index in [-0.39, 0.29) is 0 Å². The van der Waals surface area contributed by atoms with E-state index in [1.165, 1.54) is 0 Å². The molecule has 1 aromatic carbocycles. The first-order chi connectivity index (χ1) is 13.5. The molecule has 10 heteroatoms. The fourth-order valence-electron chi connectivity index (χ4n) is 3.00. The van der Waals surface area contributed by atoms with Gasteiger partial charge in [0, 0.05) is 6.54 Å². The molecule has 4 rings (SSSR count). The van der Waals surface area contributed by atoms with Gasteiger partial charge in [-0.3, -0.25) is 0 Å². The highest BCUT2D eigenvalue weighted by atomic mass is 32.2. The smallest absolute Gasteiger partial charge is 0.423 e. The molecule has 0 saturated heterocycles. The zero-order chi connectivity index (χ0) is 19.7. The largest absolute Gasteiger partial charge is 0.491 e. The van der Waals surface area contributed by atoms with Crippen molar-refractivity contribution in [3.63, 3.8) is 0 Å². The first kappa shape index (κ1) is 19.3. The molecule has 2 aromatic heterocycles. The number of thiazole rings is 1. The molecule has 0 aliphatic carbocycles. The van der Waals surface area contributed by atoms with Gasteiger partial charge in [0.25, 0.3) is 0 Å². The normalized spacial score (nSPS) is 13.8. The van der Waals surface area contributed by atoms with Crippen LogP contribution in [-0.2, 0) is 11.3 Å². The van der Waals surface area contributed by atoms with Crippen LogP contribution >= 0.6 is 23.1 Å². The summed E-state index contributed by atoms with van der Waals surface area (Å²) in [4.78, 5) is 13.3. The highest BCUT2D eigenvalue weighted by molar-refractivity contribution is 8.00. The van der Waals surface area contributed by atoms with Gasteiger partial charge < -0.3 is 9.68 Å². The molecule has 0 bridgehead atoms. The number of anilines is 1. The Hall–Kier alpha value is -2.01. The average Bonchev–Trinajstić information content (AvgIpc) is 3.28. The van der Waals surface area contributed by atoms with E-state index < -0.39 is 7.12 Å². The third-order valence-electron chi connectivity index (χ3n) is 4.29. The lowest BCUT2D eigenvalue weighted by Crippen LogP contribution is -2.27. The van der Waals surface area contributed by atoms with Crippen LogP contribution < -0.4 is 10.5 Å². The van der Waals surface area contributed by atoms with Crippen molar-refractivity contribution in [2.75, 3.05) is 17.8 Å². The van der Waals surface area contributed by atoms with Gasteiger partial charge in [-0.2, -0.15) is 5.10 Å². The van der Waals surface area contributed by atoms with Gasteiger partial charge in [-0.05, 0) is 34.8 Å². The summed E-state index contributed by atoms with van der Waals surface area (Å²) < 4.78 is 7.16. The molecule has 0 unspecified atom stereocenters. The van der Waals surface area contributed by atoms with Gasteiger partial charge in [0.05, 0.1) is 12.8 Å². The lowest BCUT2D eigenvalue weighted by molar-refractivity contribution is 0.275. The molecule has 0 atom stereocenters. The van der Waals surface area contributed by atoms with Crippen molar-refractivity contribution >= 4 is 58.1 Å². The van der Waals surface area contributed by atoms with Crippen LogP contribution in [0.3, 0.4) is 0 Å². The number of hydrogen-bond acceptors (Lipinski definition) is 9. The fraction of sp³-hybridized carbons (Fsp3) is 0.333. The third kappa shape index (κ3) is 3.91. The van der Waals surface area contributed by atoms with Crippen LogP contribution in [0.25, 0.3) is 10.3 Å².